The van der Waals surface area contributed by atoms with Crippen LogP contribution in [0.15, 0.2) is 12.1 Å². The Hall–Kier alpha value is -2.02. The van der Waals surface area contributed by atoms with Crippen LogP contribution in [0.1, 0.15) is 22.3 Å². The molecule has 0 radical (unpaired) electrons. The first-order valence-electron chi connectivity index (χ1n) is 7.09. The maximum Gasteiger partial charge on any atom is 0.336 e. The molecule has 0 spiro atoms. The molecule has 1 aromatic rings. The zero-order valence-corrected chi connectivity index (χ0v) is 12.0. The maximum atomic E-state index is 14.9. The number of benzene rings is 1. The van der Waals surface area contributed by atoms with Crippen LogP contribution < -0.4 is 10.2 Å². The Bertz CT molecular complexity index is 664. The average molecular weight is 310 g/mol. The summed E-state index contributed by atoms with van der Waals surface area (Å²) in [5, 5.41) is 12.0. The highest BCUT2D eigenvalue weighted by molar-refractivity contribution is 6.03. The van der Waals surface area contributed by atoms with Gasteiger partial charge >= 0.3 is 5.97 Å². The molecule has 0 bridgehead atoms. The predicted octanol–water partition coefficient (Wildman–Crippen LogP) is 1.50. The summed E-state index contributed by atoms with van der Waals surface area (Å²) in [6, 6.07) is 2.18. The minimum Gasteiger partial charge on any atom is -0.478 e. The normalized spacial score (nSPS) is 27.9. The molecule has 2 heterocycles. The molecule has 1 aromatic carbocycles. The topological polar surface area (TPSA) is 69.6 Å². The lowest BCUT2D eigenvalue weighted by Crippen LogP contribution is -2.49. The quantitative estimate of drug-likeness (QED) is 0.868. The van der Waals surface area contributed by atoms with Crippen molar-refractivity contribution in [2.45, 2.75) is 19.0 Å². The second kappa shape index (κ2) is 5.01. The molecule has 0 aliphatic carbocycles. The number of alkyl halides is 1. The van der Waals surface area contributed by atoms with Gasteiger partial charge in [-0.2, -0.15) is 0 Å². The van der Waals surface area contributed by atoms with Gasteiger partial charge in [-0.15, -0.1) is 0 Å². The van der Waals surface area contributed by atoms with E-state index in [1.54, 1.807) is 0 Å². The number of carbonyl (C=O) groups excluding carboxylic acids is 1. The van der Waals surface area contributed by atoms with Crippen molar-refractivity contribution in [3.05, 3.63) is 29.1 Å². The summed E-state index contributed by atoms with van der Waals surface area (Å²) in [5.41, 5.74) is -1.85. The van der Waals surface area contributed by atoms with Crippen LogP contribution >= 0.6 is 0 Å². The van der Waals surface area contributed by atoms with E-state index < -0.39 is 29.3 Å². The number of rotatable bonds is 2. The first kappa shape index (κ1) is 14.9. The minimum atomic E-state index is -1.96. The number of carboxylic acid groups (broad SMARTS) is 1. The van der Waals surface area contributed by atoms with Crippen molar-refractivity contribution in [1.29, 1.82) is 0 Å². The van der Waals surface area contributed by atoms with Crippen molar-refractivity contribution in [2.24, 2.45) is 5.92 Å². The van der Waals surface area contributed by atoms with Gasteiger partial charge < -0.3 is 15.3 Å². The Balaban J connectivity index is 2.00. The van der Waals surface area contributed by atoms with Crippen molar-refractivity contribution in [1.82, 2.24) is 5.32 Å². The summed E-state index contributed by atoms with van der Waals surface area (Å²) < 4.78 is 29.1. The number of carboxylic acids is 1. The van der Waals surface area contributed by atoms with E-state index in [-0.39, 0.29) is 24.2 Å². The molecule has 0 aromatic heterocycles. The lowest BCUT2D eigenvalue weighted by Gasteiger charge is -2.29. The van der Waals surface area contributed by atoms with Gasteiger partial charge in [-0.25, -0.2) is 13.6 Å². The van der Waals surface area contributed by atoms with Gasteiger partial charge in [-0.05, 0) is 31.2 Å². The second-order valence-electron chi connectivity index (χ2n) is 5.85. The fraction of sp³-hybridized carbons (Fsp3) is 0.467. The van der Waals surface area contributed by atoms with Crippen LogP contribution in [0.4, 0.5) is 14.5 Å². The molecule has 2 fully saturated rings. The number of hydrogen-bond donors (Lipinski definition) is 2. The smallest absolute Gasteiger partial charge is 0.336 e. The van der Waals surface area contributed by atoms with Crippen LogP contribution in [0, 0.1) is 18.7 Å². The van der Waals surface area contributed by atoms with E-state index in [2.05, 4.69) is 5.32 Å². The first-order chi connectivity index (χ1) is 10.3. The summed E-state index contributed by atoms with van der Waals surface area (Å²) in [5.74, 6) is -3.32. The zero-order valence-electron chi connectivity index (χ0n) is 12.0. The molecule has 5 nitrogen and oxygen atoms in total. The number of carbonyl (C=O) groups is 2. The molecule has 118 valence electrons. The largest absolute Gasteiger partial charge is 0.478 e. The third-order valence-corrected chi connectivity index (χ3v) is 4.52. The molecule has 2 aliphatic heterocycles. The molecule has 3 rings (SSSR count). The SMILES string of the molecule is Cc1cc(N2C[C@@H]3CNCC[C@]3(F)C2=O)c(F)cc1C(=O)O. The summed E-state index contributed by atoms with van der Waals surface area (Å²) in [7, 11) is 0. The van der Waals surface area contributed by atoms with E-state index in [0.717, 1.165) is 11.0 Å². The highest BCUT2D eigenvalue weighted by atomic mass is 19.1. The number of aryl methyl sites for hydroxylation is 1. The van der Waals surface area contributed by atoms with Crippen LogP contribution in [0.3, 0.4) is 0 Å². The number of hydrogen-bond acceptors (Lipinski definition) is 3. The van der Waals surface area contributed by atoms with Gasteiger partial charge in [-0.3, -0.25) is 4.79 Å². The summed E-state index contributed by atoms with van der Waals surface area (Å²) in [4.78, 5) is 24.5. The molecule has 2 saturated heterocycles. The van der Waals surface area contributed by atoms with Gasteiger partial charge in [0.05, 0.1) is 11.3 Å². The van der Waals surface area contributed by atoms with Crippen molar-refractivity contribution >= 4 is 17.6 Å². The van der Waals surface area contributed by atoms with Crippen LogP contribution in [0.25, 0.3) is 0 Å². The first-order valence-corrected chi connectivity index (χ1v) is 7.09. The lowest BCUT2D eigenvalue weighted by molar-refractivity contribution is -0.130. The monoisotopic (exact) mass is 310 g/mol. The van der Waals surface area contributed by atoms with Gasteiger partial charge in [0, 0.05) is 25.4 Å². The number of piperidine rings is 1. The number of fused-ring (bicyclic) bond motifs is 1. The third-order valence-electron chi connectivity index (χ3n) is 4.52. The molecule has 1 amide bonds. The van der Waals surface area contributed by atoms with Crippen molar-refractivity contribution in [2.75, 3.05) is 24.5 Å². The average Bonchev–Trinajstić information content (AvgIpc) is 2.73. The van der Waals surface area contributed by atoms with Gasteiger partial charge in [0.25, 0.3) is 5.91 Å². The Morgan fingerprint density at radius 2 is 2.23 bits per heavy atom. The third kappa shape index (κ3) is 2.08. The number of nitrogens with zero attached hydrogens (tertiary/aromatic N) is 1. The van der Waals surface area contributed by atoms with Gasteiger partial charge in [0.15, 0.2) is 5.67 Å². The van der Waals surface area contributed by atoms with Crippen LogP contribution in [0.5, 0.6) is 0 Å². The molecular weight excluding hydrogens is 294 g/mol. The standard InChI is InChI=1S/C15H16F2N2O3/c1-8-4-12(11(16)5-10(8)13(20)21)19-7-9-6-18-3-2-15(9,17)14(19)22/h4-5,9,18H,2-3,6-7H2,1H3,(H,20,21)/t9-,15+/m0/s1. The van der Waals surface area contributed by atoms with E-state index in [1.165, 1.54) is 13.0 Å². The highest BCUT2D eigenvalue weighted by Crippen LogP contribution is 2.40. The molecule has 2 aliphatic rings. The Kier molecular flexibility index (Phi) is 3.40. The number of aromatic carboxylic acids is 1. The molecule has 0 unspecified atom stereocenters. The zero-order chi connectivity index (χ0) is 16.1. The number of amides is 1. The Morgan fingerprint density at radius 1 is 1.50 bits per heavy atom. The van der Waals surface area contributed by atoms with Crippen molar-refractivity contribution < 1.29 is 23.5 Å². The summed E-state index contributed by atoms with van der Waals surface area (Å²) in [6.07, 6.45) is 0.0702. The molecule has 2 atom stereocenters. The second-order valence-corrected chi connectivity index (χ2v) is 5.85. The Morgan fingerprint density at radius 3 is 2.86 bits per heavy atom. The van der Waals surface area contributed by atoms with E-state index in [1.807, 2.05) is 0 Å². The number of anilines is 1. The number of nitrogens with one attached hydrogen (secondary N) is 1. The van der Waals surface area contributed by atoms with Crippen LogP contribution in [-0.2, 0) is 4.79 Å². The van der Waals surface area contributed by atoms with E-state index in [4.69, 9.17) is 5.11 Å². The predicted molar refractivity (Wildman–Crippen MR) is 75.3 cm³/mol. The molecule has 7 heteroatoms. The van der Waals surface area contributed by atoms with E-state index in [0.29, 0.717) is 18.7 Å². The molecule has 0 saturated carbocycles. The number of halogens is 2. The van der Waals surface area contributed by atoms with E-state index >= 15 is 0 Å². The Labute approximate surface area is 125 Å². The van der Waals surface area contributed by atoms with Crippen LogP contribution in [0.2, 0.25) is 0 Å². The fourth-order valence-electron chi connectivity index (χ4n) is 3.24. The molecule has 22 heavy (non-hydrogen) atoms. The van der Waals surface area contributed by atoms with Crippen LogP contribution in [-0.4, -0.2) is 42.3 Å². The summed E-state index contributed by atoms with van der Waals surface area (Å²) >= 11 is 0. The van der Waals surface area contributed by atoms with Crippen molar-refractivity contribution in [3.63, 3.8) is 0 Å². The summed E-state index contributed by atoms with van der Waals surface area (Å²) in [6.45, 7) is 2.39. The fourth-order valence-corrected chi connectivity index (χ4v) is 3.24. The highest BCUT2D eigenvalue weighted by Gasteiger charge is 2.56. The minimum absolute atomic E-state index is 0.0566. The lowest BCUT2D eigenvalue weighted by atomic mass is 9.86. The van der Waals surface area contributed by atoms with Crippen molar-refractivity contribution in [3.8, 4) is 0 Å². The van der Waals surface area contributed by atoms with Gasteiger partial charge in [-0.1, -0.05) is 0 Å². The molecular formula is C15H16F2N2O3. The van der Waals surface area contributed by atoms with Gasteiger partial charge in [0.1, 0.15) is 5.82 Å². The van der Waals surface area contributed by atoms with Gasteiger partial charge in [0.2, 0.25) is 0 Å². The maximum absolute atomic E-state index is 14.9. The van der Waals surface area contributed by atoms with E-state index in [9.17, 15) is 18.4 Å². The molecule has 2 N–H and O–H groups in total.